The largest absolute Gasteiger partial charge is 0.371 e. The van der Waals surface area contributed by atoms with E-state index in [1.807, 2.05) is 0 Å². The molecule has 0 unspecified atom stereocenters. The van der Waals surface area contributed by atoms with Crippen molar-refractivity contribution in [3.63, 3.8) is 0 Å². The molecule has 0 aliphatic carbocycles. The lowest BCUT2D eigenvalue weighted by Gasteiger charge is -2.14. The number of carbonyl (C=O) groups excluding carboxylic acids is 1. The van der Waals surface area contributed by atoms with Gasteiger partial charge in [-0.25, -0.2) is 0 Å². The molecule has 0 aliphatic rings. The predicted octanol–water partition coefficient (Wildman–Crippen LogP) is 2.01. The van der Waals surface area contributed by atoms with Gasteiger partial charge in [0, 0.05) is 11.8 Å². The third-order valence-electron chi connectivity index (χ3n) is 2.13. The van der Waals surface area contributed by atoms with Gasteiger partial charge in [-0.1, -0.05) is 5.92 Å². The Morgan fingerprint density at radius 3 is 2.68 bits per heavy atom. The fourth-order valence-electron chi connectivity index (χ4n) is 1.25. The summed E-state index contributed by atoms with van der Waals surface area (Å²) in [5.74, 6) is 4.47. The summed E-state index contributed by atoms with van der Waals surface area (Å²) in [5, 5.41) is 22.6. The minimum Gasteiger partial charge on any atom is -0.371 e. The SMILES string of the molecule is CC#Cc1cc(NC(=O)[C@@](C)(O)Br)ccc1[N+](=O)[O-]. The van der Waals surface area contributed by atoms with Gasteiger partial charge in [0.1, 0.15) is 5.56 Å². The Kier molecular flexibility index (Phi) is 4.64. The smallest absolute Gasteiger partial charge is 0.285 e. The van der Waals surface area contributed by atoms with Gasteiger partial charge in [0.2, 0.25) is 0 Å². The van der Waals surface area contributed by atoms with E-state index in [4.69, 9.17) is 0 Å². The fraction of sp³-hybridized carbons (Fsp3) is 0.250. The van der Waals surface area contributed by atoms with Gasteiger partial charge in [-0.2, -0.15) is 0 Å². The fourth-order valence-corrected chi connectivity index (χ4v) is 1.35. The zero-order valence-electron chi connectivity index (χ0n) is 10.2. The molecule has 19 heavy (non-hydrogen) atoms. The first-order valence-corrected chi connectivity index (χ1v) is 5.99. The van der Waals surface area contributed by atoms with E-state index in [-0.39, 0.29) is 11.3 Å². The number of alkyl halides is 1. The van der Waals surface area contributed by atoms with Gasteiger partial charge in [-0.3, -0.25) is 14.9 Å². The average Bonchev–Trinajstić information content (AvgIpc) is 2.28. The zero-order valence-corrected chi connectivity index (χ0v) is 11.8. The number of halogens is 1. The summed E-state index contributed by atoms with van der Waals surface area (Å²) in [6.45, 7) is 2.82. The first kappa shape index (κ1) is 15.1. The van der Waals surface area contributed by atoms with Crippen LogP contribution >= 0.6 is 15.9 Å². The second-order valence-corrected chi connectivity index (χ2v) is 5.32. The van der Waals surface area contributed by atoms with Gasteiger partial charge in [0.15, 0.2) is 4.51 Å². The van der Waals surface area contributed by atoms with Crippen LogP contribution in [0.4, 0.5) is 11.4 Å². The molecular weight excluding hydrogens is 316 g/mol. The van der Waals surface area contributed by atoms with Crippen molar-refractivity contribution in [1.29, 1.82) is 0 Å². The van der Waals surface area contributed by atoms with Crippen LogP contribution in [0.25, 0.3) is 0 Å². The van der Waals surface area contributed by atoms with Crippen LogP contribution in [0.15, 0.2) is 18.2 Å². The highest BCUT2D eigenvalue weighted by molar-refractivity contribution is 9.10. The number of aliphatic hydroxyl groups is 1. The minimum atomic E-state index is -1.72. The highest BCUT2D eigenvalue weighted by atomic mass is 79.9. The third kappa shape index (κ3) is 4.05. The van der Waals surface area contributed by atoms with Crippen LogP contribution in [0.1, 0.15) is 19.4 Å². The molecule has 1 aromatic carbocycles. The van der Waals surface area contributed by atoms with Crippen LogP contribution in [-0.4, -0.2) is 20.4 Å². The normalized spacial score (nSPS) is 12.8. The van der Waals surface area contributed by atoms with Crippen molar-refractivity contribution in [1.82, 2.24) is 0 Å². The Balaban J connectivity index is 3.12. The van der Waals surface area contributed by atoms with Crippen LogP contribution < -0.4 is 5.32 Å². The van der Waals surface area contributed by atoms with E-state index >= 15 is 0 Å². The lowest BCUT2D eigenvalue weighted by molar-refractivity contribution is -0.385. The highest BCUT2D eigenvalue weighted by Crippen LogP contribution is 2.23. The second-order valence-electron chi connectivity index (χ2n) is 3.77. The number of nitro groups is 1. The summed E-state index contributed by atoms with van der Waals surface area (Å²) in [6, 6.07) is 4.00. The van der Waals surface area contributed by atoms with Crippen LogP contribution in [0.3, 0.4) is 0 Å². The number of amides is 1. The molecule has 0 heterocycles. The van der Waals surface area contributed by atoms with Gasteiger partial charge >= 0.3 is 0 Å². The molecule has 1 atom stereocenters. The standard InChI is InChI=1S/C12H11BrN2O4/c1-3-4-8-7-9(5-6-10(8)15(18)19)14-11(16)12(2,13)17/h5-7,17H,1-2H3,(H,14,16)/t12-/m1/s1. The molecule has 0 fully saturated rings. The molecule has 6 nitrogen and oxygen atoms in total. The maximum atomic E-state index is 11.5. The number of nitrogens with zero attached hydrogens (tertiary/aromatic N) is 1. The van der Waals surface area contributed by atoms with E-state index in [1.165, 1.54) is 25.1 Å². The molecule has 1 aromatic rings. The summed E-state index contributed by atoms with van der Waals surface area (Å²) < 4.78 is -1.72. The number of anilines is 1. The molecule has 0 spiro atoms. The maximum Gasteiger partial charge on any atom is 0.285 e. The minimum absolute atomic E-state index is 0.141. The third-order valence-corrected chi connectivity index (χ3v) is 2.49. The summed E-state index contributed by atoms with van der Waals surface area (Å²) in [7, 11) is 0. The van der Waals surface area contributed by atoms with Crippen LogP contribution in [0.5, 0.6) is 0 Å². The number of nitrogens with one attached hydrogen (secondary N) is 1. The van der Waals surface area contributed by atoms with Crippen molar-refractivity contribution in [3.8, 4) is 11.8 Å². The number of hydrogen-bond donors (Lipinski definition) is 2. The lowest BCUT2D eigenvalue weighted by Crippen LogP contribution is -2.33. The molecule has 0 saturated carbocycles. The van der Waals surface area contributed by atoms with E-state index in [0.717, 1.165) is 0 Å². The number of carbonyl (C=O) groups is 1. The highest BCUT2D eigenvalue weighted by Gasteiger charge is 2.26. The molecule has 1 rings (SSSR count). The van der Waals surface area contributed by atoms with Gasteiger partial charge in [0.25, 0.3) is 11.6 Å². The molecule has 7 heteroatoms. The average molecular weight is 327 g/mol. The molecule has 0 radical (unpaired) electrons. The predicted molar refractivity (Wildman–Crippen MR) is 73.8 cm³/mol. The summed E-state index contributed by atoms with van der Waals surface area (Å²) >= 11 is 2.80. The molecule has 0 bridgehead atoms. The first-order valence-electron chi connectivity index (χ1n) is 5.19. The van der Waals surface area contributed by atoms with Gasteiger partial charge in [-0.15, -0.1) is 5.92 Å². The summed E-state index contributed by atoms with van der Waals surface area (Å²) in [4.78, 5) is 21.8. The van der Waals surface area contributed by atoms with E-state index < -0.39 is 15.3 Å². The van der Waals surface area contributed by atoms with E-state index in [0.29, 0.717) is 5.69 Å². The Morgan fingerprint density at radius 1 is 1.58 bits per heavy atom. The number of hydrogen-bond acceptors (Lipinski definition) is 4. The molecule has 0 aliphatic heterocycles. The molecule has 2 N–H and O–H groups in total. The number of nitro benzene ring substituents is 1. The van der Waals surface area contributed by atoms with Gasteiger partial charge in [-0.05, 0) is 41.9 Å². The Morgan fingerprint density at radius 2 is 2.21 bits per heavy atom. The van der Waals surface area contributed by atoms with E-state index in [9.17, 15) is 20.0 Å². The molecule has 0 aromatic heterocycles. The maximum absolute atomic E-state index is 11.5. The van der Waals surface area contributed by atoms with Crippen molar-refractivity contribution in [2.24, 2.45) is 0 Å². The molecule has 1 amide bonds. The Labute approximate surface area is 118 Å². The van der Waals surface area contributed by atoms with Crippen LogP contribution in [-0.2, 0) is 4.79 Å². The number of rotatable bonds is 3. The van der Waals surface area contributed by atoms with E-state index in [2.05, 4.69) is 33.1 Å². The van der Waals surface area contributed by atoms with E-state index in [1.54, 1.807) is 6.92 Å². The lowest BCUT2D eigenvalue weighted by atomic mass is 10.1. The first-order chi connectivity index (χ1) is 8.75. The Hall–Kier alpha value is -1.91. The monoisotopic (exact) mass is 326 g/mol. The molecule has 100 valence electrons. The summed E-state index contributed by atoms with van der Waals surface area (Å²) in [5.41, 5.74) is 0.366. The van der Waals surface area contributed by atoms with Crippen molar-refractivity contribution in [3.05, 3.63) is 33.9 Å². The van der Waals surface area contributed by atoms with Crippen molar-refractivity contribution in [2.45, 2.75) is 18.4 Å². The topological polar surface area (TPSA) is 92.5 Å². The molecule has 0 saturated heterocycles. The summed E-state index contributed by atoms with van der Waals surface area (Å²) in [6.07, 6.45) is 0. The number of benzene rings is 1. The van der Waals surface area contributed by atoms with Crippen LogP contribution in [0.2, 0.25) is 0 Å². The molecular formula is C12H11BrN2O4. The van der Waals surface area contributed by atoms with Crippen molar-refractivity contribution >= 4 is 33.2 Å². The van der Waals surface area contributed by atoms with Crippen molar-refractivity contribution < 1.29 is 14.8 Å². The van der Waals surface area contributed by atoms with Crippen LogP contribution in [0, 0.1) is 22.0 Å². The Bertz CT molecular complexity index is 582. The second kappa shape index (κ2) is 5.82. The van der Waals surface area contributed by atoms with Gasteiger partial charge in [0.05, 0.1) is 4.92 Å². The van der Waals surface area contributed by atoms with Crippen molar-refractivity contribution in [2.75, 3.05) is 5.32 Å². The van der Waals surface area contributed by atoms with Gasteiger partial charge < -0.3 is 10.4 Å². The quantitative estimate of drug-likeness (QED) is 0.384. The zero-order chi connectivity index (χ0) is 14.6.